The fraction of sp³-hybridized carbons (Fsp3) is 0.0556. The lowest BCUT2D eigenvalue weighted by molar-refractivity contribution is 0.586. The number of H-pyrrole nitrogens is 1. The summed E-state index contributed by atoms with van der Waals surface area (Å²) in [6.07, 6.45) is 0. The Morgan fingerprint density at radius 3 is 2.59 bits per heavy atom. The lowest BCUT2D eigenvalue weighted by Crippen LogP contribution is -2.03. The second kappa shape index (κ2) is 6.92. The average Bonchev–Trinajstić information content (AvgIpc) is 3.02. The van der Waals surface area contributed by atoms with Crippen molar-refractivity contribution in [3.05, 3.63) is 64.3 Å². The van der Waals surface area contributed by atoms with Crippen LogP contribution in [0.1, 0.15) is 5.69 Å². The molecule has 0 radical (unpaired) electrons. The van der Waals surface area contributed by atoms with Crippen LogP contribution in [0.25, 0.3) is 10.9 Å². The number of anilines is 4. The molecule has 4 aromatic rings. The van der Waals surface area contributed by atoms with Crippen molar-refractivity contribution >= 4 is 50.1 Å². The van der Waals surface area contributed by atoms with Gasteiger partial charge in [-0.25, -0.2) is 13.8 Å². The SMILES string of the molecule is Cc1cc(Nc2nc(Nc3ccc(F)cc3F)nc3cc(Br)ccc23)n[nH]1. The van der Waals surface area contributed by atoms with Gasteiger partial charge in [0.05, 0.1) is 11.2 Å². The smallest absolute Gasteiger partial charge is 0.229 e. The number of nitrogens with one attached hydrogen (secondary N) is 3. The van der Waals surface area contributed by atoms with Crippen molar-refractivity contribution in [3.8, 4) is 0 Å². The Morgan fingerprint density at radius 1 is 1.00 bits per heavy atom. The minimum absolute atomic E-state index is 0.0762. The molecule has 0 aliphatic rings. The van der Waals surface area contributed by atoms with Crippen LogP contribution in [0.15, 0.2) is 46.9 Å². The topological polar surface area (TPSA) is 78.5 Å². The van der Waals surface area contributed by atoms with Crippen molar-refractivity contribution in [3.63, 3.8) is 0 Å². The van der Waals surface area contributed by atoms with Crippen LogP contribution in [-0.2, 0) is 0 Å². The van der Waals surface area contributed by atoms with E-state index in [4.69, 9.17) is 0 Å². The van der Waals surface area contributed by atoms with E-state index in [0.29, 0.717) is 17.2 Å². The molecule has 0 spiro atoms. The monoisotopic (exact) mass is 430 g/mol. The highest BCUT2D eigenvalue weighted by Gasteiger charge is 2.12. The number of fused-ring (bicyclic) bond motifs is 1. The molecule has 0 amide bonds. The zero-order chi connectivity index (χ0) is 19.0. The van der Waals surface area contributed by atoms with Gasteiger partial charge >= 0.3 is 0 Å². The summed E-state index contributed by atoms with van der Waals surface area (Å²) in [5.41, 5.74) is 1.61. The zero-order valence-electron chi connectivity index (χ0n) is 14.0. The van der Waals surface area contributed by atoms with Gasteiger partial charge in [-0.05, 0) is 37.3 Å². The summed E-state index contributed by atoms with van der Waals surface area (Å²) in [7, 11) is 0. The molecular weight excluding hydrogens is 418 g/mol. The normalized spacial score (nSPS) is 11.0. The van der Waals surface area contributed by atoms with Gasteiger partial charge in [-0.2, -0.15) is 10.1 Å². The molecule has 6 nitrogen and oxygen atoms in total. The third-order valence-electron chi connectivity index (χ3n) is 3.79. The first kappa shape index (κ1) is 17.3. The van der Waals surface area contributed by atoms with Gasteiger partial charge in [0.2, 0.25) is 5.95 Å². The Bertz CT molecular complexity index is 1140. The molecule has 27 heavy (non-hydrogen) atoms. The zero-order valence-corrected chi connectivity index (χ0v) is 15.6. The molecule has 0 saturated carbocycles. The first-order chi connectivity index (χ1) is 13.0. The molecule has 2 aromatic carbocycles. The molecule has 3 N–H and O–H groups in total. The Hall–Kier alpha value is -3.07. The molecule has 9 heteroatoms. The van der Waals surface area contributed by atoms with E-state index in [9.17, 15) is 8.78 Å². The first-order valence-electron chi connectivity index (χ1n) is 7.96. The van der Waals surface area contributed by atoms with E-state index in [0.717, 1.165) is 27.7 Å². The number of aromatic amines is 1. The van der Waals surface area contributed by atoms with Gasteiger partial charge < -0.3 is 10.6 Å². The molecule has 136 valence electrons. The highest BCUT2D eigenvalue weighted by molar-refractivity contribution is 9.10. The summed E-state index contributed by atoms with van der Waals surface area (Å²) in [5, 5.41) is 13.7. The number of aryl methyl sites for hydroxylation is 1. The van der Waals surface area contributed by atoms with Crippen molar-refractivity contribution in [1.82, 2.24) is 20.2 Å². The number of hydrogen-bond donors (Lipinski definition) is 3. The maximum Gasteiger partial charge on any atom is 0.229 e. The standard InChI is InChI=1S/C18H13BrF2N6/c1-9-6-16(27-26-9)24-17-12-4-2-10(19)7-15(12)23-18(25-17)22-14-5-3-11(20)8-13(14)21/h2-8H,1H3,(H3,22,23,24,25,26,27). The second-order valence-electron chi connectivity index (χ2n) is 5.87. The number of halogens is 3. The lowest BCUT2D eigenvalue weighted by atomic mass is 10.2. The van der Waals surface area contributed by atoms with E-state index in [1.807, 2.05) is 31.2 Å². The summed E-state index contributed by atoms with van der Waals surface area (Å²) in [6, 6.07) is 10.6. The summed E-state index contributed by atoms with van der Waals surface area (Å²) in [6.45, 7) is 1.89. The van der Waals surface area contributed by atoms with E-state index < -0.39 is 11.6 Å². The Balaban J connectivity index is 1.78. The van der Waals surface area contributed by atoms with Crippen LogP contribution in [-0.4, -0.2) is 20.2 Å². The fourth-order valence-electron chi connectivity index (χ4n) is 2.57. The average molecular weight is 431 g/mol. The molecule has 4 rings (SSSR count). The number of hydrogen-bond acceptors (Lipinski definition) is 5. The quantitative estimate of drug-likeness (QED) is 0.415. The van der Waals surface area contributed by atoms with Gasteiger partial charge in [-0.3, -0.25) is 5.10 Å². The highest BCUT2D eigenvalue weighted by Crippen LogP contribution is 2.28. The Kier molecular flexibility index (Phi) is 4.44. The van der Waals surface area contributed by atoms with Crippen LogP contribution in [0.5, 0.6) is 0 Å². The summed E-state index contributed by atoms with van der Waals surface area (Å²) in [4.78, 5) is 8.85. The molecular formula is C18H13BrF2N6. The number of rotatable bonds is 4. The van der Waals surface area contributed by atoms with Crippen LogP contribution in [0, 0.1) is 18.6 Å². The third-order valence-corrected chi connectivity index (χ3v) is 4.28. The molecule has 0 atom stereocenters. The highest BCUT2D eigenvalue weighted by atomic mass is 79.9. The van der Waals surface area contributed by atoms with E-state index in [2.05, 4.69) is 46.7 Å². The summed E-state index contributed by atoms with van der Waals surface area (Å²) < 4.78 is 27.9. The number of benzene rings is 2. The van der Waals surface area contributed by atoms with Crippen LogP contribution >= 0.6 is 15.9 Å². The van der Waals surface area contributed by atoms with Gasteiger partial charge in [-0.1, -0.05) is 15.9 Å². The predicted molar refractivity (Wildman–Crippen MR) is 103 cm³/mol. The molecule has 0 aliphatic heterocycles. The van der Waals surface area contributed by atoms with E-state index >= 15 is 0 Å². The van der Waals surface area contributed by atoms with Crippen LogP contribution in [0.2, 0.25) is 0 Å². The van der Waals surface area contributed by atoms with Gasteiger partial charge in [-0.15, -0.1) is 0 Å². The van der Waals surface area contributed by atoms with Gasteiger partial charge in [0, 0.05) is 27.7 Å². The Morgan fingerprint density at radius 2 is 1.85 bits per heavy atom. The van der Waals surface area contributed by atoms with Crippen LogP contribution < -0.4 is 10.6 Å². The molecule has 0 bridgehead atoms. The van der Waals surface area contributed by atoms with Crippen LogP contribution in [0.3, 0.4) is 0 Å². The van der Waals surface area contributed by atoms with E-state index in [-0.39, 0.29) is 11.6 Å². The van der Waals surface area contributed by atoms with Crippen molar-refractivity contribution < 1.29 is 8.78 Å². The molecule has 0 saturated heterocycles. The summed E-state index contributed by atoms with van der Waals surface area (Å²) >= 11 is 3.42. The second-order valence-corrected chi connectivity index (χ2v) is 6.78. The maximum absolute atomic E-state index is 14.0. The van der Waals surface area contributed by atoms with Gasteiger partial charge in [0.1, 0.15) is 17.5 Å². The van der Waals surface area contributed by atoms with E-state index in [1.165, 1.54) is 6.07 Å². The molecule has 0 aliphatic carbocycles. The van der Waals surface area contributed by atoms with Crippen LogP contribution in [0.4, 0.5) is 32.1 Å². The van der Waals surface area contributed by atoms with Crippen molar-refractivity contribution in [1.29, 1.82) is 0 Å². The minimum Gasteiger partial charge on any atom is -0.323 e. The van der Waals surface area contributed by atoms with Gasteiger partial charge in [0.25, 0.3) is 0 Å². The maximum atomic E-state index is 14.0. The minimum atomic E-state index is -0.731. The first-order valence-corrected chi connectivity index (χ1v) is 8.76. The van der Waals surface area contributed by atoms with E-state index in [1.54, 1.807) is 0 Å². The fourth-order valence-corrected chi connectivity index (χ4v) is 2.92. The van der Waals surface area contributed by atoms with Gasteiger partial charge in [0.15, 0.2) is 5.82 Å². The number of aromatic nitrogens is 4. The molecule has 2 aromatic heterocycles. The summed E-state index contributed by atoms with van der Waals surface area (Å²) in [5.74, 6) is -0.123. The Labute approximate surface area is 161 Å². The third kappa shape index (κ3) is 3.72. The molecule has 0 fully saturated rings. The largest absolute Gasteiger partial charge is 0.323 e. The molecule has 0 unspecified atom stereocenters. The molecule has 2 heterocycles. The van der Waals surface area contributed by atoms with Crippen molar-refractivity contribution in [2.24, 2.45) is 0 Å². The van der Waals surface area contributed by atoms with Crippen molar-refractivity contribution in [2.45, 2.75) is 6.92 Å². The number of nitrogens with zero attached hydrogens (tertiary/aromatic N) is 3. The predicted octanol–water partition coefficient (Wildman–Crippen LogP) is 5.19. The van der Waals surface area contributed by atoms with Crippen molar-refractivity contribution in [2.75, 3.05) is 10.6 Å². The lowest BCUT2D eigenvalue weighted by Gasteiger charge is -2.11.